The molecule has 1 atom stereocenters. The number of amides is 1. The molecule has 27 heavy (non-hydrogen) atoms. The summed E-state index contributed by atoms with van der Waals surface area (Å²) in [5, 5.41) is 0. The van der Waals surface area contributed by atoms with E-state index in [0.717, 1.165) is 31.2 Å². The molecule has 0 spiro atoms. The molecule has 0 aliphatic carbocycles. The van der Waals surface area contributed by atoms with Gasteiger partial charge in [0.1, 0.15) is 6.61 Å². The molecular formula is C21H29NO5. The lowest BCUT2D eigenvalue weighted by molar-refractivity contribution is -0.488. The first kappa shape index (κ1) is 18.7. The van der Waals surface area contributed by atoms with Crippen molar-refractivity contribution in [2.75, 3.05) is 32.9 Å². The Morgan fingerprint density at radius 3 is 2.56 bits per heavy atom. The number of benzene rings is 1. The van der Waals surface area contributed by atoms with Gasteiger partial charge in [-0.1, -0.05) is 43.7 Å². The van der Waals surface area contributed by atoms with Crippen LogP contribution in [-0.2, 0) is 25.6 Å². The zero-order chi connectivity index (χ0) is 18.7. The number of rotatable bonds is 5. The third kappa shape index (κ3) is 3.84. The Labute approximate surface area is 160 Å². The molecule has 6 heteroatoms. The monoisotopic (exact) mass is 375 g/mol. The van der Waals surface area contributed by atoms with Gasteiger partial charge in [0.15, 0.2) is 0 Å². The minimum absolute atomic E-state index is 0.000528. The molecule has 4 saturated heterocycles. The summed E-state index contributed by atoms with van der Waals surface area (Å²) in [5.74, 6) is -0.983. The lowest BCUT2D eigenvalue weighted by Crippen LogP contribution is -2.65. The predicted molar refractivity (Wildman–Crippen MR) is 98.9 cm³/mol. The molecule has 4 heterocycles. The van der Waals surface area contributed by atoms with Crippen LogP contribution in [-0.4, -0.2) is 49.9 Å². The highest BCUT2D eigenvalue weighted by Crippen LogP contribution is 2.46. The normalized spacial score (nSPS) is 33.1. The lowest BCUT2D eigenvalue weighted by atomic mass is 9.82. The third-order valence-electron chi connectivity index (χ3n) is 5.90. The Bertz CT molecular complexity index is 625. The van der Waals surface area contributed by atoms with Crippen molar-refractivity contribution in [3.8, 4) is 0 Å². The van der Waals surface area contributed by atoms with Crippen LogP contribution >= 0.6 is 0 Å². The summed E-state index contributed by atoms with van der Waals surface area (Å²) < 4.78 is 23.8. The van der Waals surface area contributed by atoms with Gasteiger partial charge >= 0.3 is 6.09 Å². The number of carbonyl (C=O) groups excluding carboxylic acids is 1. The zero-order valence-electron chi connectivity index (χ0n) is 16.0. The Morgan fingerprint density at radius 2 is 1.89 bits per heavy atom. The number of hydrogen-bond donors (Lipinski definition) is 0. The minimum Gasteiger partial charge on any atom is -0.445 e. The van der Waals surface area contributed by atoms with Crippen molar-refractivity contribution in [2.45, 2.75) is 45.2 Å². The number of piperidine rings is 1. The summed E-state index contributed by atoms with van der Waals surface area (Å²) in [7, 11) is 0. The van der Waals surface area contributed by atoms with Gasteiger partial charge < -0.3 is 23.8 Å². The van der Waals surface area contributed by atoms with E-state index in [4.69, 9.17) is 18.9 Å². The van der Waals surface area contributed by atoms with Gasteiger partial charge in [0, 0.05) is 18.5 Å². The van der Waals surface area contributed by atoms with Crippen LogP contribution in [0, 0.1) is 11.3 Å². The highest BCUT2D eigenvalue weighted by atomic mass is 16.9. The first-order chi connectivity index (χ1) is 13.1. The molecule has 0 saturated carbocycles. The van der Waals surface area contributed by atoms with E-state index in [1.54, 1.807) is 4.90 Å². The molecule has 0 aromatic heterocycles. The van der Waals surface area contributed by atoms with Crippen molar-refractivity contribution in [1.29, 1.82) is 0 Å². The Balaban J connectivity index is 1.34. The van der Waals surface area contributed by atoms with E-state index < -0.39 is 5.97 Å². The predicted octanol–water partition coefficient (Wildman–Crippen LogP) is 3.55. The van der Waals surface area contributed by atoms with Crippen molar-refractivity contribution in [3.05, 3.63) is 35.9 Å². The van der Waals surface area contributed by atoms with Gasteiger partial charge in [-0.2, -0.15) is 0 Å². The van der Waals surface area contributed by atoms with E-state index >= 15 is 0 Å². The Morgan fingerprint density at radius 1 is 1.19 bits per heavy atom. The second-order valence-corrected chi connectivity index (χ2v) is 8.04. The Kier molecular flexibility index (Phi) is 5.39. The highest BCUT2D eigenvalue weighted by molar-refractivity contribution is 5.67. The average molecular weight is 375 g/mol. The first-order valence-corrected chi connectivity index (χ1v) is 10.0. The molecule has 1 amide bonds. The molecule has 4 aliphatic rings. The molecule has 4 fully saturated rings. The van der Waals surface area contributed by atoms with Crippen LogP contribution in [0.25, 0.3) is 0 Å². The average Bonchev–Trinajstić information content (AvgIpc) is 2.74. The summed E-state index contributed by atoms with van der Waals surface area (Å²) in [5.41, 5.74) is 0.985. The quantitative estimate of drug-likeness (QED) is 0.788. The van der Waals surface area contributed by atoms with Crippen molar-refractivity contribution in [2.24, 2.45) is 11.3 Å². The van der Waals surface area contributed by atoms with Gasteiger partial charge in [0.25, 0.3) is 5.97 Å². The summed E-state index contributed by atoms with van der Waals surface area (Å²) in [4.78, 5) is 14.3. The van der Waals surface area contributed by atoms with Crippen LogP contribution in [0.5, 0.6) is 0 Å². The molecule has 1 aromatic rings. The van der Waals surface area contributed by atoms with Crippen LogP contribution in [0.1, 0.15) is 38.2 Å². The number of carbonyl (C=O) groups is 1. The molecule has 1 aromatic carbocycles. The first-order valence-electron chi connectivity index (χ1n) is 10.0. The molecule has 6 nitrogen and oxygen atoms in total. The molecule has 5 rings (SSSR count). The van der Waals surface area contributed by atoms with Crippen molar-refractivity contribution < 1.29 is 23.7 Å². The maximum Gasteiger partial charge on any atom is 0.410 e. The Hall–Kier alpha value is -1.63. The number of nitrogens with zero attached hydrogens (tertiary/aromatic N) is 1. The molecule has 148 valence electrons. The van der Waals surface area contributed by atoms with Gasteiger partial charge in [0.2, 0.25) is 0 Å². The SMILES string of the molecule is CCCC12COC(C3CCCN(C(=O)OCc4ccccc4)C3)(OC1)OC2. The fraction of sp³-hybridized carbons (Fsp3) is 0.667. The number of hydrogen-bond acceptors (Lipinski definition) is 5. The molecular weight excluding hydrogens is 346 g/mol. The lowest BCUT2D eigenvalue weighted by Gasteiger charge is -2.55. The van der Waals surface area contributed by atoms with E-state index in [9.17, 15) is 4.79 Å². The van der Waals surface area contributed by atoms with Crippen LogP contribution in [0.4, 0.5) is 4.79 Å². The fourth-order valence-corrected chi connectivity index (χ4v) is 4.35. The third-order valence-corrected chi connectivity index (χ3v) is 5.90. The second kappa shape index (κ2) is 7.78. The van der Waals surface area contributed by atoms with Gasteiger partial charge in [-0.25, -0.2) is 4.79 Å². The largest absolute Gasteiger partial charge is 0.445 e. The van der Waals surface area contributed by atoms with Crippen LogP contribution in [0.2, 0.25) is 0 Å². The summed E-state index contributed by atoms with van der Waals surface area (Å²) >= 11 is 0. The summed E-state index contributed by atoms with van der Waals surface area (Å²) in [6.07, 6.45) is 3.66. The highest BCUT2D eigenvalue weighted by Gasteiger charge is 2.56. The zero-order valence-corrected chi connectivity index (χ0v) is 16.0. The van der Waals surface area contributed by atoms with Crippen LogP contribution in [0.15, 0.2) is 30.3 Å². The molecule has 4 aliphatic heterocycles. The number of ether oxygens (including phenoxy) is 4. The maximum absolute atomic E-state index is 12.5. The van der Waals surface area contributed by atoms with E-state index in [2.05, 4.69) is 6.92 Å². The second-order valence-electron chi connectivity index (χ2n) is 8.04. The van der Waals surface area contributed by atoms with Crippen molar-refractivity contribution in [3.63, 3.8) is 0 Å². The molecule has 1 unspecified atom stereocenters. The molecule has 0 N–H and O–H groups in total. The van der Waals surface area contributed by atoms with E-state index in [-0.39, 0.29) is 24.0 Å². The van der Waals surface area contributed by atoms with Crippen LogP contribution in [0.3, 0.4) is 0 Å². The summed E-state index contributed by atoms with van der Waals surface area (Å²) in [6, 6.07) is 9.73. The maximum atomic E-state index is 12.5. The standard InChI is InChI=1S/C21H29NO5/c1-2-10-20-14-25-21(26-15-20,27-16-20)18-9-6-11-22(12-18)19(23)24-13-17-7-4-3-5-8-17/h3-5,7-8,18H,2,6,9-16H2,1H3. The number of fused-ring (bicyclic) bond motifs is 3. The van der Waals surface area contributed by atoms with Crippen LogP contribution < -0.4 is 0 Å². The van der Waals surface area contributed by atoms with E-state index in [1.807, 2.05) is 30.3 Å². The fourth-order valence-electron chi connectivity index (χ4n) is 4.35. The van der Waals surface area contributed by atoms with Gasteiger partial charge in [-0.3, -0.25) is 0 Å². The van der Waals surface area contributed by atoms with Crippen molar-refractivity contribution >= 4 is 6.09 Å². The van der Waals surface area contributed by atoms with Crippen molar-refractivity contribution in [1.82, 2.24) is 4.90 Å². The molecule has 2 bridgehead atoms. The van der Waals surface area contributed by atoms with E-state index in [0.29, 0.717) is 32.9 Å². The smallest absolute Gasteiger partial charge is 0.410 e. The number of likely N-dealkylation sites (tertiary alicyclic amines) is 1. The van der Waals surface area contributed by atoms with Gasteiger partial charge in [0.05, 0.1) is 25.7 Å². The minimum atomic E-state index is -0.992. The molecule has 0 radical (unpaired) electrons. The van der Waals surface area contributed by atoms with E-state index in [1.165, 1.54) is 0 Å². The summed E-state index contributed by atoms with van der Waals surface area (Å²) in [6.45, 7) is 5.72. The topological polar surface area (TPSA) is 57.2 Å². The van der Waals surface area contributed by atoms with Gasteiger partial charge in [-0.05, 0) is 24.8 Å². The van der Waals surface area contributed by atoms with Gasteiger partial charge in [-0.15, -0.1) is 0 Å².